The van der Waals surface area contributed by atoms with Crippen molar-refractivity contribution in [2.75, 3.05) is 26.7 Å². The predicted octanol–water partition coefficient (Wildman–Crippen LogP) is 2.26. The van der Waals surface area contributed by atoms with Gasteiger partial charge in [0.25, 0.3) is 0 Å². The van der Waals surface area contributed by atoms with Crippen molar-refractivity contribution < 1.29 is 4.79 Å². The van der Waals surface area contributed by atoms with Crippen LogP contribution >= 0.6 is 0 Å². The van der Waals surface area contributed by atoms with Crippen LogP contribution in [0.25, 0.3) is 0 Å². The van der Waals surface area contributed by atoms with E-state index in [1.165, 1.54) is 17.5 Å². The van der Waals surface area contributed by atoms with Crippen LogP contribution in [0.1, 0.15) is 31.4 Å². The van der Waals surface area contributed by atoms with E-state index in [1.807, 2.05) is 11.8 Å². The summed E-state index contributed by atoms with van der Waals surface area (Å²) in [5, 5.41) is 0. The molecule has 1 amide bonds. The number of carbonyl (C=O) groups excluding carboxylic acids is 1. The average molecular weight is 260 g/mol. The minimum absolute atomic E-state index is 0.216. The highest BCUT2D eigenvalue weighted by Crippen LogP contribution is 2.35. The van der Waals surface area contributed by atoms with Gasteiger partial charge in [-0.1, -0.05) is 31.2 Å². The number of hydrogen-bond donors (Lipinski definition) is 0. The van der Waals surface area contributed by atoms with Gasteiger partial charge in [0.2, 0.25) is 6.41 Å². The molecule has 104 valence electrons. The Morgan fingerprint density at radius 3 is 2.74 bits per heavy atom. The summed E-state index contributed by atoms with van der Waals surface area (Å²) in [6.07, 6.45) is 2.13. The van der Waals surface area contributed by atoms with Crippen LogP contribution in [0.4, 0.5) is 0 Å². The van der Waals surface area contributed by atoms with Crippen molar-refractivity contribution in [3.63, 3.8) is 0 Å². The molecule has 1 aliphatic rings. The fourth-order valence-corrected chi connectivity index (χ4v) is 3.10. The fourth-order valence-electron chi connectivity index (χ4n) is 3.10. The van der Waals surface area contributed by atoms with E-state index in [4.69, 9.17) is 0 Å². The van der Waals surface area contributed by atoms with Gasteiger partial charge in [-0.15, -0.1) is 0 Å². The van der Waals surface area contributed by atoms with Crippen molar-refractivity contribution in [3.8, 4) is 0 Å². The van der Waals surface area contributed by atoms with E-state index in [-0.39, 0.29) is 5.41 Å². The second-order valence-corrected chi connectivity index (χ2v) is 5.87. The van der Waals surface area contributed by atoms with E-state index in [0.29, 0.717) is 0 Å². The summed E-state index contributed by atoms with van der Waals surface area (Å²) in [7, 11) is 2.18. The van der Waals surface area contributed by atoms with Crippen LogP contribution in [-0.2, 0) is 16.8 Å². The molecule has 3 nitrogen and oxygen atoms in total. The zero-order chi connectivity index (χ0) is 13.9. The minimum Gasteiger partial charge on any atom is -0.341 e. The number of likely N-dealkylation sites (N-methyl/N-ethyl adjacent to an activating group) is 1. The van der Waals surface area contributed by atoms with E-state index in [9.17, 15) is 4.79 Å². The molecule has 0 radical (unpaired) electrons. The lowest BCUT2D eigenvalue weighted by atomic mass is 9.79. The molecule has 0 saturated carbocycles. The van der Waals surface area contributed by atoms with Crippen LogP contribution in [0.15, 0.2) is 24.3 Å². The molecule has 0 aliphatic carbocycles. The van der Waals surface area contributed by atoms with Crippen molar-refractivity contribution >= 4 is 6.41 Å². The lowest BCUT2D eigenvalue weighted by molar-refractivity contribution is -0.118. The summed E-state index contributed by atoms with van der Waals surface area (Å²) in [6.45, 7) is 8.08. The molecular formula is C16H24N2O. The molecule has 0 bridgehead atoms. The minimum atomic E-state index is 0.216. The van der Waals surface area contributed by atoms with Gasteiger partial charge < -0.3 is 9.80 Å². The first-order chi connectivity index (χ1) is 9.09. The third-order valence-electron chi connectivity index (χ3n) is 4.26. The third kappa shape index (κ3) is 2.98. The molecule has 1 saturated heterocycles. The van der Waals surface area contributed by atoms with Crippen molar-refractivity contribution in [1.29, 1.82) is 0 Å². The monoisotopic (exact) mass is 260 g/mol. The molecule has 19 heavy (non-hydrogen) atoms. The molecule has 3 heteroatoms. The molecule has 0 N–H and O–H groups in total. The van der Waals surface area contributed by atoms with E-state index in [0.717, 1.165) is 32.6 Å². The van der Waals surface area contributed by atoms with Gasteiger partial charge >= 0.3 is 0 Å². The van der Waals surface area contributed by atoms with E-state index in [1.54, 1.807) is 0 Å². The lowest BCUT2D eigenvalue weighted by Crippen LogP contribution is -2.29. The molecule has 1 aliphatic heterocycles. The highest BCUT2D eigenvalue weighted by atomic mass is 16.1. The van der Waals surface area contributed by atoms with Gasteiger partial charge in [-0.05, 0) is 38.1 Å². The summed E-state index contributed by atoms with van der Waals surface area (Å²) in [6, 6.07) is 8.57. The maximum atomic E-state index is 11.0. The fraction of sp³-hybridized carbons (Fsp3) is 0.562. The Labute approximate surface area is 116 Å². The average Bonchev–Trinajstić information content (AvgIpc) is 2.77. The second kappa shape index (κ2) is 5.74. The van der Waals surface area contributed by atoms with Crippen LogP contribution in [0.5, 0.6) is 0 Å². The van der Waals surface area contributed by atoms with Gasteiger partial charge in [-0.2, -0.15) is 0 Å². The molecule has 2 rings (SSSR count). The Bertz CT molecular complexity index is 446. The summed E-state index contributed by atoms with van der Waals surface area (Å²) >= 11 is 0. The third-order valence-corrected chi connectivity index (χ3v) is 4.26. The maximum Gasteiger partial charge on any atom is 0.209 e. The Balaban J connectivity index is 2.28. The van der Waals surface area contributed by atoms with Crippen LogP contribution in [0.3, 0.4) is 0 Å². The second-order valence-electron chi connectivity index (χ2n) is 5.87. The van der Waals surface area contributed by atoms with Gasteiger partial charge in [-0.3, -0.25) is 4.79 Å². The number of nitrogens with zero attached hydrogens (tertiary/aromatic N) is 2. The topological polar surface area (TPSA) is 23.6 Å². The SMILES string of the molecule is CCN(C=O)Cc1ccccc1C1(C)CCN(C)C1. The molecule has 0 aromatic heterocycles. The summed E-state index contributed by atoms with van der Waals surface area (Å²) in [4.78, 5) is 15.2. The molecule has 1 aromatic carbocycles. The summed E-state index contributed by atoms with van der Waals surface area (Å²) < 4.78 is 0. The highest BCUT2D eigenvalue weighted by Gasteiger charge is 2.35. The molecule has 1 atom stereocenters. The summed E-state index contributed by atoms with van der Waals surface area (Å²) in [5.41, 5.74) is 2.90. The Morgan fingerprint density at radius 2 is 2.16 bits per heavy atom. The Morgan fingerprint density at radius 1 is 1.42 bits per heavy atom. The molecular weight excluding hydrogens is 236 g/mol. The van der Waals surface area contributed by atoms with Gasteiger partial charge in [-0.25, -0.2) is 0 Å². The number of likely N-dealkylation sites (tertiary alicyclic amines) is 1. The van der Waals surface area contributed by atoms with Gasteiger partial charge in [0, 0.05) is 25.0 Å². The highest BCUT2D eigenvalue weighted by molar-refractivity contribution is 5.48. The van der Waals surface area contributed by atoms with Crippen molar-refractivity contribution in [2.24, 2.45) is 0 Å². The number of carbonyl (C=O) groups is 1. The standard InChI is InChI=1S/C16H24N2O/c1-4-18(13-19)11-14-7-5-6-8-15(14)16(2)9-10-17(3)12-16/h5-8,13H,4,9-12H2,1-3H3. The molecule has 1 unspecified atom stereocenters. The zero-order valence-corrected chi connectivity index (χ0v) is 12.2. The largest absolute Gasteiger partial charge is 0.341 e. The van der Waals surface area contributed by atoms with Crippen LogP contribution in [0, 0.1) is 0 Å². The molecule has 1 heterocycles. The van der Waals surface area contributed by atoms with E-state index in [2.05, 4.69) is 43.1 Å². The van der Waals surface area contributed by atoms with Crippen LogP contribution in [0.2, 0.25) is 0 Å². The quantitative estimate of drug-likeness (QED) is 0.758. The first kappa shape index (κ1) is 14.1. The van der Waals surface area contributed by atoms with Crippen molar-refractivity contribution in [2.45, 2.75) is 32.2 Å². The predicted molar refractivity (Wildman–Crippen MR) is 78.1 cm³/mol. The van der Waals surface area contributed by atoms with Gasteiger partial charge in [0.1, 0.15) is 0 Å². The number of benzene rings is 1. The smallest absolute Gasteiger partial charge is 0.209 e. The number of hydrogen-bond acceptors (Lipinski definition) is 2. The lowest BCUT2D eigenvalue weighted by Gasteiger charge is -2.28. The van der Waals surface area contributed by atoms with Crippen LogP contribution < -0.4 is 0 Å². The van der Waals surface area contributed by atoms with E-state index >= 15 is 0 Å². The normalized spacial score (nSPS) is 23.5. The number of amides is 1. The van der Waals surface area contributed by atoms with Crippen molar-refractivity contribution in [1.82, 2.24) is 9.80 Å². The molecule has 0 spiro atoms. The van der Waals surface area contributed by atoms with E-state index < -0.39 is 0 Å². The molecule has 1 aromatic rings. The van der Waals surface area contributed by atoms with Gasteiger partial charge in [0.05, 0.1) is 0 Å². The molecule has 1 fully saturated rings. The van der Waals surface area contributed by atoms with Crippen LogP contribution in [-0.4, -0.2) is 42.9 Å². The maximum absolute atomic E-state index is 11.0. The van der Waals surface area contributed by atoms with Crippen molar-refractivity contribution in [3.05, 3.63) is 35.4 Å². The number of rotatable bonds is 5. The zero-order valence-electron chi connectivity index (χ0n) is 12.2. The Hall–Kier alpha value is -1.35. The Kier molecular flexibility index (Phi) is 4.25. The summed E-state index contributed by atoms with van der Waals surface area (Å²) in [5.74, 6) is 0. The first-order valence-corrected chi connectivity index (χ1v) is 7.05. The first-order valence-electron chi connectivity index (χ1n) is 7.05. The van der Waals surface area contributed by atoms with Gasteiger partial charge in [0.15, 0.2) is 0 Å².